The van der Waals surface area contributed by atoms with Gasteiger partial charge in [0, 0.05) is 5.70 Å². The Morgan fingerprint density at radius 2 is 2.00 bits per heavy atom. The molecule has 2 aromatic carbocycles. The van der Waals surface area contributed by atoms with Gasteiger partial charge in [-0.3, -0.25) is 4.79 Å². The summed E-state index contributed by atoms with van der Waals surface area (Å²) < 4.78 is 20.7. The molecule has 1 unspecified atom stereocenters. The lowest BCUT2D eigenvalue weighted by molar-refractivity contribution is -0.113. The van der Waals surface area contributed by atoms with E-state index in [2.05, 4.69) is 20.7 Å². The van der Waals surface area contributed by atoms with Crippen LogP contribution in [0.2, 0.25) is 0 Å². The molecule has 1 aliphatic heterocycles. The van der Waals surface area contributed by atoms with Crippen molar-refractivity contribution in [1.29, 1.82) is 0 Å². The van der Waals surface area contributed by atoms with Crippen molar-refractivity contribution < 1.29 is 13.9 Å². The van der Waals surface area contributed by atoms with Crippen molar-refractivity contribution in [2.75, 3.05) is 17.2 Å². The van der Waals surface area contributed by atoms with Crippen LogP contribution in [0.4, 0.5) is 16.0 Å². The zero-order chi connectivity index (χ0) is 20.4. The molecule has 0 saturated carbocycles. The van der Waals surface area contributed by atoms with Crippen molar-refractivity contribution in [3.05, 3.63) is 77.5 Å². The molecule has 29 heavy (non-hydrogen) atoms. The van der Waals surface area contributed by atoms with Crippen LogP contribution in [0.1, 0.15) is 25.5 Å². The van der Waals surface area contributed by atoms with Crippen molar-refractivity contribution in [2.45, 2.75) is 19.9 Å². The first-order valence-electron chi connectivity index (χ1n) is 9.24. The fraction of sp³-hybridized carbons (Fsp3) is 0.190. The number of ether oxygens (including phenoxy) is 1. The van der Waals surface area contributed by atoms with Crippen molar-refractivity contribution in [3.63, 3.8) is 0 Å². The Bertz CT molecular complexity index is 1070. The smallest absolute Gasteiger partial charge is 0.255 e. The number of benzene rings is 2. The zero-order valence-corrected chi connectivity index (χ0v) is 16.0. The molecule has 2 heterocycles. The number of fused-ring (bicyclic) bond motifs is 1. The van der Waals surface area contributed by atoms with E-state index in [0.29, 0.717) is 35.3 Å². The van der Waals surface area contributed by atoms with Gasteiger partial charge in [-0.25, -0.2) is 9.07 Å². The Morgan fingerprint density at radius 3 is 2.76 bits per heavy atom. The minimum Gasteiger partial charge on any atom is -0.492 e. The number of nitrogens with zero attached hydrogens (tertiary/aromatic N) is 3. The summed E-state index contributed by atoms with van der Waals surface area (Å²) in [6.45, 7) is 4.17. The largest absolute Gasteiger partial charge is 0.492 e. The van der Waals surface area contributed by atoms with Crippen LogP contribution in [0, 0.1) is 5.82 Å². The van der Waals surface area contributed by atoms with Gasteiger partial charge in [-0.2, -0.15) is 10.1 Å². The Labute approximate surface area is 167 Å². The van der Waals surface area contributed by atoms with Gasteiger partial charge in [-0.1, -0.05) is 24.3 Å². The first-order chi connectivity index (χ1) is 14.1. The second-order valence-corrected chi connectivity index (χ2v) is 6.53. The zero-order valence-electron chi connectivity index (χ0n) is 16.0. The first kappa shape index (κ1) is 18.7. The molecule has 3 aromatic rings. The molecule has 0 fully saturated rings. The van der Waals surface area contributed by atoms with E-state index in [-0.39, 0.29) is 11.7 Å². The lowest BCUT2D eigenvalue weighted by atomic mass is 9.95. The van der Waals surface area contributed by atoms with Crippen LogP contribution in [-0.2, 0) is 4.79 Å². The quantitative estimate of drug-likeness (QED) is 0.690. The van der Waals surface area contributed by atoms with Gasteiger partial charge < -0.3 is 15.4 Å². The van der Waals surface area contributed by atoms with E-state index in [1.807, 2.05) is 19.1 Å². The Balaban J connectivity index is 1.74. The first-order valence-corrected chi connectivity index (χ1v) is 9.24. The molecule has 0 radical (unpaired) electrons. The molecule has 1 aromatic heterocycles. The average molecular weight is 393 g/mol. The molecule has 1 amide bonds. The van der Waals surface area contributed by atoms with Crippen molar-refractivity contribution >= 4 is 17.5 Å². The van der Waals surface area contributed by atoms with E-state index in [9.17, 15) is 9.18 Å². The maximum atomic E-state index is 13.5. The van der Waals surface area contributed by atoms with Gasteiger partial charge in [0.15, 0.2) is 0 Å². The van der Waals surface area contributed by atoms with Gasteiger partial charge in [0.25, 0.3) is 5.91 Å². The molecule has 0 spiro atoms. The number of carbonyl (C=O) groups excluding carboxylic acids is 1. The molecule has 8 heteroatoms. The number of nitrogens with one attached hydrogen (secondary N) is 2. The second-order valence-electron chi connectivity index (χ2n) is 6.53. The number of halogens is 1. The van der Waals surface area contributed by atoms with Crippen molar-refractivity contribution in [3.8, 4) is 5.75 Å². The molecule has 2 N–H and O–H groups in total. The van der Waals surface area contributed by atoms with Crippen LogP contribution in [0.25, 0.3) is 0 Å². The van der Waals surface area contributed by atoms with Gasteiger partial charge in [-0.05, 0) is 43.7 Å². The van der Waals surface area contributed by atoms with E-state index in [1.54, 1.807) is 35.9 Å². The number of rotatable bonds is 5. The standard InChI is InChI=1S/C21H20FN5O2/c1-3-29-17-7-5-4-6-16(17)26-20(28)18-13(2)25-21-23-12-24-27(21)19(18)14-8-10-15(22)11-9-14/h4-12,19H,3H2,1-2H3,(H,26,28)(H,23,24,25). The van der Waals surface area contributed by atoms with Gasteiger partial charge in [0.2, 0.25) is 5.95 Å². The summed E-state index contributed by atoms with van der Waals surface area (Å²) in [7, 11) is 0. The summed E-state index contributed by atoms with van der Waals surface area (Å²) in [6, 6.07) is 12.7. The molecule has 148 valence electrons. The number of anilines is 2. The maximum absolute atomic E-state index is 13.5. The van der Waals surface area contributed by atoms with Crippen LogP contribution in [0.3, 0.4) is 0 Å². The molecule has 7 nitrogen and oxygen atoms in total. The molecule has 0 aliphatic carbocycles. The van der Waals surface area contributed by atoms with Crippen molar-refractivity contribution in [1.82, 2.24) is 14.8 Å². The number of amides is 1. The Hall–Kier alpha value is -3.68. The topological polar surface area (TPSA) is 81.1 Å². The van der Waals surface area contributed by atoms with Crippen LogP contribution in [-0.4, -0.2) is 27.3 Å². The van der Waals surface area contributed by atoms with Crippen LogP contribution in [0.15, 0.2) is 66.1 Å². The molecular weight excluding hydrogens is 373 g/mol. The normalized spacial score (nSPS) is 15.5. The minimum atomic E-state index is -0.548. The Morgan fingerprint density at radius 1 is 1.24 bits per heavy atom. The van der Waals surface area contributed by atoms with E-state index in [1.165, 1.54) is 18.5 Å². The van der Waals surface area contributed by atoms with Gasteiger partial charge in [0.1, 0.15) is 23.9 Å². The third kappa shape index (κ3) is 3.56. The number of allylic oxidation sites excluding steroid dienone is 1. The number of carbonyl (C=O) groups is 1. The summed E-state index contributed by atoms with van der Waals surface area (Å²) in [5, 5.41) is 10.3. The summed E-state index contributed by atoms with van der Waals surface area (Å²) in [4.78, 5) is 17.5. The van der Waals surface area contributed by atoms with E-state index < -0.39 is 6.04 Å². The van der Waals surface area contributed by atoms with Crippen LogP contribution in [0.5, 0.6) is 5.75 Å². The lowest BCUT2D eigenvalue weighted by Gasteiger charge is -2.29. The third-order valence-electron chi connectivity index (χ3n) is 4.66. The minimum absolute atomic E-state index is 0.308. The molecule has 0 bridgehead atoms. The van der Waals surface area contributed by atoms with E-state index >= 15 is 0 Å². The highest BCUT2D eigenvalue weighted by molar-refractivity contribution is 6.06. The highest BCUT2D eigenvalue weighted by Crippen LogP contribution is 2.36. The second kappa shape index (κ2) is 7.75. The average Bonchev–Trinajstić information content (AvgIpc) is 3.17. The molecule has 0 saturated heterocycles. The maximum Gasteiger partial charge on any atom is 0.255 e. The predicted octanol–water partition coefficient (Wildman–Crippen LogP) is 3.74. The fourth-order valence-electron chi connectivity index (χ4n) is 3.38. The van der Waals surface area contributed by atoms with E-state index in [0.717, 1.165) is 5.56 Å². The highest BCUT2D eigenvalue weighted by atomic mass is 19.1. The number of hydrogen-bond acceptors (Lipinski definition) is 5. The molecule has 1 atom stereocenters. The van der Waals surface area contributed by atoms with Crippen LogP contribution >= 0.6 is 0 Å². The number of hydrogen-bond donors (Lipinski definition) is 2. The number of aromatic nitrogens is 3. The SMILES string of the molecule is CCOc1ccccc1NC(=O)C1=C(C)Nc2ncnn2C1c1ccc(F)cc1. The van der Waals surface area contributed by atoms with Gasteiger partial charge >= 0.3 is 0 Å². The highest BCUT2D eigenvalue weighted by Gasteiger charge is 2.33. The monoisotopic (exact) mass is 393 g/mol. The lowest BCUT2D eigenvalue weighted by Crippen LogP contribution is -2.31. The Kier molecular flexibility index (Phi) is 4.99. The fourth-order valence-corrected chi connectivity index (χ4v) is 3.38. The van der Waals surface area contributed by atoms with Crippen LogP contribution < -0.4 is 15.4 Å². The molecular formula is C21H20FN5O2. The van der Waals surface area contributed by atoms with E-state index in [4.69, 9.17) is 4.74 Å². The number of para-hydroxylation sites is 2. The molecule has 4 rings (SSSR count). The summed E-state index contributed by atoms with van der Waals surface area (Å²) in [6.07, 6.45) is 1.41. The third-order valence-corrected chi connectivity index (χ3v) is 4.66. The molecule has 1 aliphatic rings. The summed E-state index contributed by atoms with van der Waals surface area (Å²) in [5.41, 5.74) is 2.40. The predicted molar refractivity (Wildman–Crippen MR) is 107 cm³/mol. The van der Waals surface area contributed by atoms with Crippen molar-refractivity contribution in [2.24, 2.45) is 0 Å². The van der Waals surface area contributed by atoms with Gasteiger partial charge in [-0.15, -0.1) is 0 Å². The summed E-state index contributed by atoms with van der Waals surface area (Å²) in [5.74, 6) is 0.449. The summed E-state index contributed by atoms with van der Waals surface area (Å²) >= 11 is 0. The van der Waals surface area contributed by atoms with Gasteiger partial charge in [0.05, 0.1) is 17.9 Å².